The summed E-state index contributed by atoms with van der Waals surface area (Å²) in [5.41, 5.74) is 0.542. The van der Waals surface area contributed by atoms with Gasteiger partial charge in [0.05, 0.1) is 5.02 Å². The van der Waals surface area contributed by atoms with Gasteiger partial charge in [-0.15, -0.1) is 0 Å². The summed E-state index contributed by atoms with van der Waals surface area (Å²) >= 11 is 5.80. The van der Waals surface area contributed by atoms with Gasteiger partial charge in [-0.1, -0.05) is 35.0 Å². The number of hydrogen-bond acceptors (Lipinski definition) is 5. The molecular weight excluding hydrogens is 394 g/mol. The first-order chi connectivity index (χ1) is 14.0. The third-order valence-corrected chi connectivity index (χ3v) is 5.28. The highest BCUT2D eigenvalue weighted by atomic mass is 35.5. The number of piperidine rings is 1. The standard InChI is InChI=1S/C20H20ClN5O3/c21-14-6-7-17(22-13-14)24-18(27)16-12-20(29-25-16)8-10-26(11-9-20)19(28)23-15-4-2-1-3-5-15/h1-7,13H,8-12H2,(H,23,28)(H,22,24,27). The second-order valence-corrected chi connectivity index (χ2v) is 7.52. The van der Waals surface area contributed by atoms with E-state index in [1.807, 2.05) is 30.3 Å². The summed E-state index contributed by atoms with van der Waals surface area (Å²) in [6, 6.07) is 12.5. The number of carbonyl (C=O) groups excluding carboxylic acids is 2. The van der Waals surface area contributed by atoms with Crippen LogP contribution in [0, 0.1) is 0 Å². The zero-order valence-corrected chi connectivity index (χ0v) is 16.4. The first-order valence-corrected chi connectivity index (χ1v) is 9.70. The molecule has 1 saturated heterocycles. The van der Waals surface area contributed by atoms with Crippen LogP contribution in [0.3, 0.4) is 0 Å². The molecule has 29 heavy (non-hydrogen) atoms. The molecule has 1 aromatic heterocycles. The summed E-state index contributed by atoms with van der Waals surface area (Å²) < 4.78 is 0. The second kappa shape index (κ2) is 8.08. The van der Waals surface area contributed by atoms with Crippen molar-refractivity contribution in [3.63, 3.8) is 0 Å². The van der Waals surface area contributed by atoms with Crippen LogP contribution in [0.5, 0.6) is 0 Å². The average molecular weight is 414 g/mol. The van der Waals surface area contributed by atoms with Crippen LogP contribution in [0.4, 0.5) is 16.3 Å². The summed E-state index contributed by atoms with van der Waals surface area (Å²) in [5.74, 6) is 0.0522. The number of nitrogens with zero attached hydrogens (tertiary/aromatic N) is 3. The van der Waals surface area contributed by atoms with E-state index in [-0.39, 0.29) is 11.9 Å². The molecule has 150 valence electrons. The maximum atomic E-state index is 12.4. The third-order valence-electron chi connectivity index (χ3n) is 5.06. The number of likely N-dealkylation sites (tertiary alicyclic amines) is 1. The number of carbonyl (C=O) groups is 2. The molecule has 9 heteroatoms. The van der Waals surface area contributed by atoms with E-state index in [0.29, 0.717) is 48.9 Å². The number of nitrogens with one attached hydrogen (secondary N) is 2. The maximum absolute atomic E-state index is 12.4. The highest BCUT2D eigenvalue weighted by Crippen LogP contribution is 2.35. The van der Waals surface area contributed by atoms with Gasteiger partial charge in [-0.2, -0.15) is 0 Å². The fourth-order valence-corrected chi connectivity index (χ4v) is 3.50. The van der Waals surface area contributed by atoms with Crippen molar-refractivity contribution in [3.05, 3.63) is 53.7 Å². The van der Waals surface area contributed by atoms with Gasteiger partial charge in [0.25, 0.3) is 5.91 Å². The minimum atomic E-state index is -0.538. The van der Waals surface area contributed by atoms with Gasteiger partial charge in [-0.05, 0) is 24.3 Å². The summed E-state index contributed by atoms with van der Waals surface area (Å²) in [5, 5.41) is 10.1. The molecule has 3 heterocycles. The molecule has 2 aromatic rings. The summed E-state index contributed by atoms with van der Waals surface area (Å²) in [4.78, 5) is 36.3. The van der Waals surface area contributed by atoms with Gasteiger partial charge < -0.3 is 20.4 Å². The lowest BCUT2D eigenvalue weighted by atomic mass is 9.87. The molecule has 1 fully saturated rings. The Hall–Kier alpha value is -3.13. The molecule has 1 spiro atoms. The SMILES string of the molecule is O=C(Nc1ccc(Cl)cn1)C1=NOC2(CCN(C(=O)Nc3ccccc3)CC2)C1. The Bertz CT molecular complexity index is 925. The van der Waals surface area contributed by atoms with Crippen molar-refractivity contribution in [2.75, 3.05) is 23.7 Å². The molecule has 2 N–H and O–H groups in total. The van der Waals surface area contributed by atoms with Gasteiger partial charge in [-0.25, -0.2) is 9.78 Å². The van der Waals surface area contributed by atoms with Crippen LogP contribution in [0.1, 0.15) is 19.3 Å². The zero-order valence-electron chi connectivity index (χ0n) is 15.6. The number of anilines is 2. The second-order valence-electron chi connectivity index (χ2n) is 7.09. The van der Waals surface area contributed by atoms with E-state index in [1.54, 1.807) is 17.0 Å². The molecule has 2 aliphatic heterocycles. The Labute approximate surface area is 172 Å². The van der Waals surface area contributed by atoms with Crippen molar-refractivity contribution < 1.29 is 14.4 Å². The van der Waals surface area contributed by atoms with Gasteiger partial charge in [0.1, 0.15) is 17.1 Å². The van der Waals surface area contributed by atoms with Crippen LogP contribution >= 0.6 is 11.6 Å². The van der Waals surface area contributed by atoms with Crippen LogP contribution in [0.2, 0.25) is 5.02 Å². The Balaban J connectivity index is 1.29. The number of amides is 3. The summed E-state index contributed by atoms with van der Waals surface area (Å²) in [6.45, 7) is 1.06. The predicted molar refractivity (Wildman–Crippen MR) is 110 cm³/mol. The van der Waals surface area contributed by atoms with E-state index in [0.717, 1.165) is 5.69 Å². The first kappa shape index (κ1) is 19.2. The predicted octanol–water partition coefficient (Wildman–Crippen LogP) is 3.52. The molecular formula is C20H20ClN5O3. The lowest BCUT2D eigenvalue weighted by Gasteiger charge is -2.37. The van der Waals surface area contributed by atoms with Crippen molar-refractivity contribution in [2.45, 2.75) is 24.9 Å². The molecule has 1 aromatic carbocycles. The van der Waals surface area contributed by atoms with Crippen molar-refractivity contribution in [1.29, 1.82) is 0 Å². The van der Waals surface area contributed by atoms with Gasteiger partial charge >= 0.3 is 6.03 Å². The van der Waals surface area contributed by atoms with Crippen molar-refractivity contribution in [3.8, 4) is 0 Å². The Morgan fingerprint density at radius 3 is 2.52 bits per heavy atom. The summed E-state index contributed by atoms with van der Waals surface area (Å²) in [6.07, 6.45) is 3.08. The van der Waals surface area contributed by atoms with Gasteiger partial charge in [0, 0.05) is 44.2 Å². The van der Waals surface area contributed by atoms with Crippen molar-refractivity contribution >= 4 is 40.8 Å². The number of rotatable bonds is 3. The van der Waals surface area contributed by atoms with Crippen LogP contribution in [-0.2, 0) is 9.63 Å². The highest BCUT2D eigenvalue weighted by molar-refractivity contribution is 6.43. The molecule has 0 bridgehead atoms. The van der Waals surface area contributed by atoms with E-state index in [2.05, 4.69) is 20.8 Å². The molecule has 0 aliphatic carbocycles. The van der Waals surface area contributed by atoms with Gasteiger partial charge in [0.2, 0.25) is 0 Å². The number of para-hydroxylation sites is 1. The number of urea groups is 1. The van der Waals surface area contributed by atoms with Crippen LogP contribution < -0.4 is 10.6 Å². The molecule has 2 aliphatic rings. The minimum absolute atomic E-state index is 0.142. The fourth-order valence-electron chi connectivity index (χ4n) is 3.39. The van der Waals surface area contributed by atoms with E-state index >= 15 is 0 Å². The normalized spacial score (nSPS) is 17.4. The lowest BCUT2D eigenvalue weighted by Crippen LogP contribution is -2.48. The van der Waals surface area contributed by atoms with E-state index in [1.165, 1.54) is 6.20 Å². The molecule has 3 amide bonds. The summed E-state index contributed by atoms with van der Waals surface area (Å²) in [7, 11) is 0. The maximum Gasteiger partial charge on any atom is 0.321 e. The largest absolute Gasteiger partial charge is 0.388 e. The average Bonchev–Trinajstić information content (AvgIpc) is 3.15. The molecule has 0 unspecified atom stereocenters. The van der Waals surface area contributed by atoms with E-state index < -0.39 is 5.60 Å². The molecule has 0 saturated carbocycles. The van der Waals surface area contributed by atoms with Crippen LogP contribution in [-0.4, -0.2) is 46.2 Å². The smallest absolute Gasteiger partial charge is 0.321 e. The van der Waals surface area contributed by atoms with Crippen LogP contribution in [0.15, 0.2) is 53.8 Å². The monoisotopic (exact) mass is 413 g/mol. The number of hydrogen-bond donors (Lipinski definition) is 2. The third kappa shape index (κ3) is 4.48. The minimum Gasteiger partial charge on any atom is -0.388 e. The molecule has 0 radical (unpaired) electrons. The topological polar surface area (TPSA) is 95.9 Å². The number of aromatic nitrogens is 1. The van der Waals surface area contributed by atoms with Gasteiger partial charge in [-0.3, -0.25) is 4.79 Å². The Kier molecular flexibility index (Phi) is 5.35. The Morgan fingerprint density at radius 1 is 1.07 bits per heavy atom. The molecule has 8 nitrogen and oxygen atoms in total. The lowest BCUT2D eigenvalue weighted by molar-refractivity contribution is -0.110. The van der Waals surface area contributed by atoms with Crippen molar-refractivity contribution in [1.82, 2.24) is 9.88 Å². The number of oxime groups is 1. The first-order valence-electron chi connectivity index (χ1n) is 9.32. The zero-order chi connectivity index (χ0) is 20.3. The Morgan fingerprint density at radius 2 is 1.83 bits per heavy atom. The molecule has 0 atom stereocenters. The fraction of sp³-hybridized carbons (Fsp3) is 0.300. The van der Waals surface area contributed by atoms with Gasteiger partial charge in [0.15, 0.2) is 0 Å². The number of benzene rings is 1. The highest BCUT2D eigenvalue weighted by Gasteiger charge is 2.44. The number of pyridine rings is 1. The molecule has 4 rings (SSSR count). The number of halogens is 1. The van der Waals surface area contributed by atoms with E-state index in [9.17, 15) is 9.59 Å². The van der Waals surface area contributed by atoms with E-state index in [4.69, 9.17) is 16.4 Å². The quantitative estimate of drug-likeness (QED) is 0.804. The van der Waals surface area contributed by atoms with Crippen LogP contribution in [0.25, 0.3) is 0 Å². The van der Waals surface area contributed by atoms with Crippen molar-refractivity contribution in [2.24, 2.45) is 5.16 Å².